The number of H-pyrrole nitrogens is 1. The van der Waals surface area contributed by atoms with Crippen LogP contribution >= 0.6 is 0 Å². The van der Waals surface area contributed by atoms with Crippen LogP contribution in [0.5, 0.6) is 0 Å². The van der Waals surface area contributed by atoms with Gasteiger partial charge in [-0.05, 0) is 6.42 Å². The summed E-state index contributed by atoms with van der Waals surface area (Å²) < 4.78 is 27.3. The van der Waals surface area contributed by atoms with Crippen molar-refractivity contribution in [2.24, 2.45) is 0 Å². The Balaban J connectivity index is 2.24. The number of nitrogens with one attached hydrogen (secondary N) is 3. The van der Waals surface area contributed by atoms with Gasteiger partial charge in [-0.2, -0.15) is 13.5 Å². The van der Waals surface area contributed by atoms with E-state index < -0.39 is 10.2 Å². The molecule has 7 nitrogen and oxygen atoms in total. The molecule has 8 heteroatoms. The molecule has 0 radical (unpaired) electrons. The molecule has 0 amide bonds. The Morgan fingerprint density at radius 1 is 1.40 bits per heavy atom. The molecule has 0 atom stereocenters. The molecular formula is C7H15N5O2S. The van der Waals surface area contributed by atoms with Gasteiger partial charge in [-0.1, -0.05) is 6.92 Å². The standard InChI is InChI=1S/C7H15N5O2S/c1-2-4-10-15(13,14)11-5-3-7-8-6-9-12-7/h6,10-11H,2-5H2,1H3,(H,8,9,12). The first kappa shape index (κ1) is 12.1. The Labute approximate surface area is 88.9 Å². The highest BCUT2D eigenvalue weighted by atomic mass is 32.2. The second-order valence-corrected chi connectivity index (χ2v) is 4.56. The van der Waals surface area contributed by atoms with Crippen molar-refractivity contribution in [2.75, 3.05) is 13.1 Å². The largest absolute Gasteiger partial charge is 0.276 e. The Morgan fingerprint density at radius 3 is 2.73 bits per heavy atom. The zero-order valence-corrected chi connectivity index (χ0v) is 9.34. The molecule has 0 spiro atoms. The minimum Gasteiger partial charge on any atom is -0.263 e. The summed E-state index contributed by atoms with van der Waals surface area (Å²) >= 11 is 0. The lowest BCUT2D eigenvalue weighted by atomic mass is 10.4. The van der Waals surface area contributed by atoms with E-state index in [-0.39, 0.29) is 0 Å². The van der Waals surface area contributed by atoms with Gasteiger partial charge in [-0.3, -0.25) is 5.10 Å². The molecule has 1 heterocycles. The molecule has 0 saturated carbocycles. The second kappa shape index (κ2) is 5.79. The van der Waals surface area contributed by atoms with Crippen LogP contribution in [0.15, 0.2) is 6.33 Å². The SMILES string of the molecule is CCCNS(=O)(=O)NCCc1ncn[nH]1. The fraction of sp³-hybridized carbons (Fsp3) is 0.714. The molecule has 0 aliphatic carbocycles. The van der Waals surface area contributed by atoms with Crippen molar-refractivity contribution < 1.29 is 8.42 Å². The van der Waals surface area contributed by atoms with Crippen LogP contribution < -0.4 is 9.44 Å². The number of nitrogens with zero attached hydrogens (tertiary/aromatic N) is 2. The van der Waals surface area contributed by atoms with Crippen molar-refractivity contribution in [1.29, 1.82) is 0 Å². The van der Waals surface area contributed by atoms with Crippen molar-refractivity contribution in [2.45, 2.75) is 19.8 Å². The predicted octanol–water partition coefficient (Wildman–Crippen LogP) is -0.819. The molecule has 0 aliphatic rings. The summed E-state index contributed by atoms with van der Waals surface area (Å²) in [6.45, 7) is 2.64. The summed E-state index contributed by atoms with van der Waals surface area (Å²) in [4.78, 5) is 3.88. The third-order valence-corrected chi connectivity index (χ3v) is 2.83. The Bertz CT molecular complexity index is 361. The maximum absolute atomic E-state index is 11.2. The van der Waals surface area contributed by atoms with Crippen LogP contribution in [0.2, 0.25) is 0 Å². The molecule has 1 aromatic heterocycles. The zero-order chi connectivity index (χ0) is 11.1. The van der Waals surface area contributed by atoms with Crippen molar-refractivity contribution in [1.82, 2.24) is 24.6 Å². The van der Waals surface area contributed by atoms with E-state index in [1.54, 1.807) is 0 Å². The van der Waals surface area contributed by atoms with E-state index in [0.29, 0.717) is 25.3 Å². The van der Waals surface area contributed by atoms with Crippen LogP contribution in [-0.4, -0.2) is 36.7 Å². The number of aromatic amines is 1. The Morgan fingerprint density at radius 2 is 2.13 bits per heavy atom. The van der Waals surface area contributed by atoms with Gasteiger partial charge in [-0.25, -0.2) is 14.4 Å². The van der Waals surface area contributed by atoms with Crippen molar-refractivity contribution in [3.05, 3.63) is 12.2 Å². The van der Waals surface area contributed by atoms with E-state index in [0.717, 1.165) is 6.42 Å². The van der Waals surface area contributed by atoms with Gasteiger partial charge in [-0.15, -0.1) is 0 Å². The minimum atomic E-state index is -3.36. The lowest BCUT2D eigenvalue weighted by molar-refractivity contribution is 0.565. The highest BCUT2D eigenvalue weighted by Gasteiger charge is 2.07. The molecule has 1 aromatic rings. The van der Waals surface area contributed by atoms with Gasteiger partial charge in [0.15, 0.2) is 0 Å². The number of hydrogen-bond acceptors (Lipinski definition) is 4. The monoisotopic (exact) mass is 233 g/mol. The van der Waals surface area contributed by atoms with Gasteiger partial charge >= 0.3 is 0 Å². The molecule has 15 heavy (non-hydrogen) atoms. The molecule has 0 aliphatic heterocycles. The van der Waals surface area contributed by atoms with E-state index in [2.05, 4.69) is 24.6 Å². The number of aromatic nitrogens is 3. The minimum absolute atomic E-state index is 0.300. The van der Waals surface area contributed by atoms with Crippen LogP contribution in [-0.2, 0) is 16.6 Å². The fourth-order valence-corrected chi connectivity index (χ4v) is 1.89. The number of rotatable bonds is 7. The second-order valence-electron chi connectivity index (χ2n) is 2.97. The van der Waals surface area contributed by atoms with E-state index in [1.807, 2.05) is 6.92 Å². The topological polar surface area (TPSA) is 99.8 Å². The van der Waals surface area contributed by atoms with Crippen LogP contribution in [0.4, 0.5) is 0 Å². The highest BCUT2D eigenvalue weighted by molar-refractivity contribution is 7.87. The lowest BCUT2D eigenvalue weighted by Crippen LogP contribution is -2.38. The molecule has 86 valence electrons. The third kappa shape index (κ3) is 4.86. The van der Waals surface area contributed by atoms with Gasteiger partial charge in [0.2, 0.25) is 0 Å². The summed E-state index contributed by atoms with van der Waals surface area (Å²) in [5.74, 6) is 0.660. The average Bonchev–Trinajstić information content (AvgIpc) is 2.67. The van der Waals surface area contributed by atoms with Gasteiger partial charge in [0.25, 0.3) is 10.2 Å². The summed E-state index contributed by atoms with van der Waals surface area (Å²) in [7, 11) is -3.36. The zero-order valence-electron chi connectivity index (χ0n) is 8.52. The Hall–Kier alpha value is -0.990. The van der Waals surface area contributed by atoms with Gasteiger partial charge in [0, 0.05) is 19.5 Å². The first-order chi connectivity index (χ1) is 7.14. The summed E-state index contributed by atoms with van der Waals surface area (Å²) in [6.07, 6.45) is 2.65. The van der Waals surface area contributed by atoms with Crippen LogP contribution in [0.25, 0.3) is 0 Å². The molecular weight excluding hydrogens is 218 g/mol. The fourth-order valence-electron chi connectivity index (χ4n) is 0.943. The summed E-state index contributed by atoms with van der Waals surface area (Å²) in [5, 5.41) is 6.31. The maximum Gasteiger partial charge on any atom is 0.276 e. The van der Waals surface area contributed by atoms with Gasteiger partial charge in [0.05, 0.1) is 0 Å². The molecule has 0 saturated heterocycles. The third-order valence-electron chi connectivity index (χ3n) is 1.66. The van der Waals surface area contributed by atoms with E-state index in [9.17, 15) is 8.42 Å². The lowest BCUT2D eigenvalue weighted by Gasteiger charge is -2.05. The highest BCUT2D eigenvalue weighted by Crippen LogP contribution is 1.86. The molecule has 3 N–H and O–H groups in total. The molecule has 1 rings (SSSR count). The molecule has 0 bridgehead atoms. The smallest absolute Gasteiger partial charge is 0.263 e. The van der Waals surface area contributed by atoms with E-state index >= 15 is 0 Å². The van der Waals surface area contributed by atoms with Crippen LogP contribution in [0, 0.1) is 0 Å². The Kier molecular flexibility index (Phi) is 4.66. The predicted molar refractivity (Wildman–Crippen MR) is 55.3 cm³/mol. The summed E-state index contributed by atoms with van der Waals surface area (Å²) in [5.41, 5.74) is 0. The normalized spacial score (nSPS) is 11.8. The van der Waals surface area contributed by atoms with E-state index in [4.69, 9.17) is 0 Å². The first-order valence-corrected chi connectivity index (χ1v) is 6.21. The van der Waals surface area contributed by atoms with Crippen molar-refractivity contribution >= 4 is 10.2 Å². The van der Waals surface area contributed by atoms with E-state index in [1.165, 1.54) is 6.33 Å². The van der Waals surface area contributed by atoms with Gasteiger partial charge in [0.1, 0.15) is 12.2 Å². The quantitative estimate of drug-likeness (QED) is 0.573. The van der Waals surface area contributed by atoms with Gasteiger partial charge < -0.3 is 0 Å². The van der Waals surface area contributed by atoms with Crippen LogP contribution in [0.1, 0.15) is 19.2 Å². The van der Waals surface area contributed by atoms with Crippen molar-refractivity contribution in [3.63, 3.8) is 0 Å². The number of hydrogen-bond donors (Lipinski definition) is 3. The average molecular weight is 233 g/mol. The summed E-state index contributed by atoms with van der Waals surface area (Å²) in [6, 6.07) is 0. The molecule has 0 unspecified atom stereocenters. The first-order valence-electron chi connectivity index (χ1n) is 4.72. The molecule has 0 aromatic carbocycles. The maximum atomic E-state index is 11.2. The van der Waals surface area contributed by atoms with Crippen LogP contribution in [0.3, 0.4) is 0 Å². The van der Waals surface area contributed by atoms with Crippen molar-refractivity contribution in [3.8, 4) is 0 Å². The molecule has 0 fully saturated rings.